The lowest BCUT2D eigenvalue weighted by molar-refractivity contribution is 0.0268. The zero-order valence-corrected chi connectivity index (χ0v) is 18.0. The number of aromatic nitrogens is 2. The Morgan fingerprint density at radius 2 is 2.00 bits per heavy atom. The third-order valence-corrected chi connectivity index (χ3v) is 4.01. The van der Waals surface area contributed by atoms with Crippen LogP contribution in [0.4, 0.5) is 0 Å². The summed E-state index contributed by atoms with van der Waals surface area (Å²) < 4.78 is 7.35. The largest absolute Gasteiger partial charge is 0.377 e. The van der Waals surface area contributed by atoms with Gasteiger partial charge in [0.15, 0.2) is 5.96 Å². The van der Waals surface area contributed by atoms with Crippen molar-refractivity contribution in [3.63, 3.8) is 0 Å². The first kappa shape index (κ1) is 22.2. The fraction of sp³-hybridized carbons (Fsp3) is 0.750. The van der Waals surface area contributed by atoms with Gasteiger partial charge in [-0.15, -0.1) is 24.0 Å². The lowest BCUT2D eigenvalue weighted by atomic mass is 10.1. The van der Waals surface area contributed by atoms with Crippen LogP contribution in [0.2, 0.25) is 0 Å². The molecule has 0 aliphatic heterocycles. The Kier molecular flexibility index (Phi) is 9.12. The molecule has 1 rings (SSSR count). The standard InChI is InChI=1S/C16H31N5O.HI/c1-11(9-14-12(2)20-21(7)13(14)3)19-15(17-6)18-10-16(4,5)22-8;/h11H,9-10H2,1-8H3,(H2,17,18,19);1H. The van der Waals surface area contributed by atoms with Gasteiger partial charge in [-0.25, -0.2) is 0 Å². The summed E-state index contributed by atoms with van der Waals surface area (Å²) in [6, 6.07) is 0.262. The van der Waals surface area contributed by atoms with Crippen molar-refractivity contribution in [2.75, 3.05) is 20.7 Å². The second kappa shape index (κ2) is 9.46. The van der Waals surface area contributed by atoms with Gasteiger partial charge in [-0.3, -0.25) is 9.67 Å². The van der Waals surface area contributed by atoms with Crippen molar-refractivity contribution in [1.82, 2.24) is 20.4 Å². The molecule has 6 nitrogen and oxygen atoms in total. The molecule has 0 amide bonds. The number of aliphatic imine (C=N–C) groups is 1. The molecule has 2 N–H and O–H groups in total. The van der Waals surface area contributed by atoms with E-state index in [9.17, 15) is 0 Å². The highest BCUT2D eigenvalue weighted by Crippen LogP contribution is 2.14. The summed E-state index contributed by atoms with van der Waals surface area (Å²) in [5, 5.41) is 11.2. The quantitative estimate of drug-likeness (QED) is 0.407. The second-order valence-electron chi connectivity index (χ2n) is 6.41. The van der Waals surface area contributed by atoms with Gasteiger partial charge in [0.25, 0.3) is 0 Å². The predicted octanol–water partition coefficient (Wildman–Crippen LogP) is 2.18. The maximum atomic E-state index is 5.41. The molecule has 1 heterocycles. The van der Waals surface area contributed by atoms with E-state index in [1.807, 2.05) is 25.6 Å². The number of nitrogens with one attached hydrogen (secondary N) is 2. The summed E-state index contributed by atoms with van der Waals surface area (Å²) in [6.45, 7) is 11.1. The van der Waals surface area contributed by atoms with Crippen LogP contribution in [-0.4, -0.2) is 48.1 Å². The summed E-state index contributed by atoms with van der Waals surface area (Å²) in [4.78, 5) is 4.28. The highest BCUT2D eigenvalue weighted by atomic mass is 127. The second-order valence-corrected chi connectivity index (χ2v) is 6.41. The highest BCUT2D eigenvalue weighted by molar-refractivity contribution is 14.0. The van der Waals surface area contributed by atoms with E-state index in [1.54, 1.807) is 14.2 Å². The topological polar surface area (TPSA) is 63.5 Å². The number of hydrogen-bond donors (Lipinski definition) is 2. The molecule has 0 aromatic carbocycles. The van der Waals surface area contributed by atoms with Crippen LogP contribution in [0.3, 0.4) is 0 Å². The molecule has 7 heteroatoms. The molecule has 134 valence electrons. The molecular weight excluding hydrogens is 405 g/mol. The Bertz CT molecular complexity index is 525. The van der Waals surface area contributed by atoms with Gasteiger partial charge in [0.05, 0.1) is 11.3 Å². The smallest absolute Gasteiger partial charge is 0.191 e. The molecule has 1 aromatic heterocycles. The summed E-state index contributed by atoms with van der Waals surface area (Å²) in [5.74, 6) is 0.789. The van der Waals surface area contributed by atoms with Crippen LogP contribution in [0.25, 0.3) is 0 Å². The van der Waals surface area contributed by atoms with Gasteiger partial charge in [-0.1, -0.05) is 0 Å². The first-order valence-electron chi connectivity index (χ1n) is 7.71. The number of hydrogen-bond acceptors (Lipinski definition) is 3. The van der Waals surface area contributed by atoms with Crippen LogP contribution < -0.4 is 10.6 Å². The number of methoxy groups -OCH3 is 1. The van der Waals surface area contributed by atoms with Crippen molar-refractivity contribution in [3.05, 3.63) is 17.0 Å². The van der Waals surface area contributed by atoms with Crippen LogP contribution in [0.1, 0.15) is 37.7 Å². The lowest BCUT2D eigenvalue weighted by Gasteiger charge is -2.25. The number of rotatable bonds is 6. The molecule has 0 aliphatic carbocycles. The van der Waals surface area contributed by atoms with Crippen LogP contribution in [-0.2, 0) is 18.2 Å². The summed E-state index contributed by atoms with van der Waals surface area (Å²) in [5.41, 5.74) is 3.39. The lowest BCUT2D eigenvalue weighted by Crippen LogP contribution is -2.48. The fourth-order valence-electron chi connectivity index (χ4n) is 2.27. The van der Waals surface area contributed by atoms with E-state index in [2.05, 4.69) is 41.5 Å². The van der Waals surface area contributed by atoms with E-state index in [0.717, 1.165) is 18.1 Å². The van der Waals surface area contributed by atoms with Crippen LogP contribution in [0.5, 0.6) is 0 Å². The number of halogens is 1. The SMILES string of the molecule is CN=C(NCC(C)(C)OC)NC(C)Cc1c(C)nn(C)c1C.I. The van der Waals surface area contributed by atoms with Crippen LogP contribution in [0.15, 0.2) is 4.99 Å². The Labute approximate surface area is 157 Å². The molecule has 0 fully saturated rings. The van der Waals surface area contributed by atoms with Crippen molar-refractivity contribution >= 4 is 29.9 Å². The van der Waals surface area contributed by atoms with Crippen molar-refractivity contribution in [2.45, 2.75) is 52.7 Å². The number of nitrogens with zero attached hydrogens (tertiary/aromatic N) is 3. The van der Waals surface area contributed by atoms with Gasteiger partial charge >= 0.3 is 0 Å². The molecule has 1 aromatic rings. The van der Waals surface area contributed by atoms with Crippen molar-refractivity contribution < 1.29 is 4.74 Å². The minimum Gasteiger partial charge on any atom is -0.377 e. The van der Waals surface area contributed by atoms with Crippen LogP contribution in [0, 0.1) is 13.8 Å². The Morgan fingerprint density at radius 3 is 2.43 bits per heavy atom. The number of ether oxygens (including phenoxy) is 1. The Morgan fingerprint density at radius 1 is 1.39 bits per heavy atom. The predicted molar refractivity (Wildman–Crippen MR) is 107 cm³/mol. The molecule has 1 unspecified atom stereocenters. The van der Waals surface area contributed by atoms with Crippen LogP contribution >= 0.6 is 24.0 Å². The zero-order valence-electron chi connectivity index (χ0n) is 15.6. The molecule has 0 spiro atoms. The average molecular weight is 437 g/mol. The first-order valence-corrected chi connectivity index (χ1v) is 7.71. The van der Waals surface area contributed by atoms with Gasteiger partial charge in [-0.05, 0) is 46.6 Å². The monoisotopic (exact) mass is 437 g/mol. The Balaban J connectivity index is 0.00000484. The minimum absolute atomic E-state index is 0. The van der Waals surface area contributed by atoms with Gasteiger partial charge in [0.1, 0.15) is 0 Å². The summed E-state index contributed by atoms with van der Waals surface area (Å²) in [6.07, 6.45) is 0.917. The Hall–Kier alpha value is -0.830. The first-order chi connectivity index (χ1) is 10.2. The van der Waals surface area contributed by atoms with Crippen molar-refractivity contribution in [1.29, 1.82) is 0 Å². The van der Waals surface area contributed by atoms with Crippen molar-refractivity contribution in [3.8, 4) is 0 Å². The molecule has 0 radical (unpaired) electrons. The molecule has 0 saturated carbocycles. The molecule has 1 atom stereocenters. The van der Waals surface area contributed by atoms with Gasteiger partial charge < -0.3 is 15.4 Å². The van der Waals surface area contributed by atoms with E-state index < -0.39 is 0 Å². The third-order valence-electron chi connectivity index (χ3n) is 4.01. The molecular formula is C16H32IN5O. The maximum absolute atomic E-state index is 5.41. The van der Waals surface area contributed by atoms with Gasteiger partial charge in [0.2, 0.25) is 0 Å². The normalized spacial score (nSPS) is 13.5. The fourth-order valence-corrected chi connectivity index (χ4v) is 2.27. The molecule has 23 heavy (non-hydrogen) atoms. The van der Waals surface area contributed by atoms with Gasteiger partial charge in [0, 0.05) is 39.5 Å². The van der Waals surface area contributed by atoms with E-state index in [-0.39, 0.29) is 35.6 Å². The number of guanidine groups is 1. The summed E-state index contributed by atoms with van der Waals surface area (Å²) in [7, 11) is 5.48. The minimum atomic E-state index is -0.225. The molecule has 0 saturated heterocycles. The van der Waals surface area contributed by atoms with Crippen molar-refractivity contribution in [2.24, 2.45) is 12.0 Å². The van der Waals surface area contributed by atoms with Gasteiger partial charge in [-0.2, -0.15) is 5.10 Å². The molecule has 0 bridgehead atoms. The van der Waals surface area contributed by atoms with E-state index in [1.165, 1.54) is 11.3 Å². The maximum Gasteiger partial charge on any atom is 0.191 e. The zero-order chi connectivity index (χ0) is 16.9. The average Bonchev–Trinajstić information content (AvgIpc) is 2.70. The third kappa shape index (κ3) is 6.66. The summed E-state index contributed by atoms with van der Waals surface area (Å²) >= 11 is 0. The van der Waals surface area contributed by atoms with E-state index in [0.29, 0.717) is 6.54 Å². The highest BCUT2D eigenvalue weighted by Gasteiger charge is 2.18. The van der Waals surface area contributed by atoms with E-state index >= 15 is 0 Å². The molecule has 0 aliphatic rings. The van der Waals surface area contributed by atoms with E-state index in [4.69, 9.17) is 4.74 Å². The number of aryl methyl sites for hydroxylation is 2.